The van der Waals surface area contributed by atoms with Crippen LogP contribution in [0.1, 0.15) is 24.0 Å². The fourth-order valence-electron chi connectivity index (χ4n) is 2.09. The van der Waals surface area contributed by atoms with E-state index in [-0.39, 0.29) is 0 Å². The maximum Gasteiger partial charge on any atom is 0.0431 e. The van der Waals surface area contributed by atoms with Gasteiger partial charge in [0.1, 0.15) is 0 Å². The Morgan fingerprint density at radius 2 is 2.00 bits per heavy atom. The number of fused-ring (bicyclic) bond motifs is 1. The number of anilines is 1. The van der Waals surface area contributed by atoms with Crippen LogP contribution >= 0.6 is 0 Å². The summed E-state index contributed by atoms with van der Waals surface area (Å²) in [7, 11) is 0. The van der Waals surface area contributed by atoms with Crippen LogP contribution in [-0.4, -0.2) is 23.2 Å². The first-order valence-electron chi connectivity index (χ1n) is 5.50. The van der Waals surface area contributed by atoms with E-state index in [1.165, 1.54) is 11.1 Å². The van der Waals surface area contributed by atoms with E-state index in [4.69, 9.17) is 10.8 Å². The molecule has 1 aliphatic rings. The summed E-state index contributed by atoms with van der Waals surface area (Å²) < 4.78 is 0. The van der Waals surface area contributed by atoms with Crippen molar-refractivity contribution < 1.29 is 5.11 Å². The molecule has 0 fully saturated rings. The van der Waals surface area contributed by atoms with Crippen LogP contribution in [0.5, 0.6) is 0 Å². The highest BCUT2D eigenvalue weighted by Gasteiger charge is 2.17. The standard InChI is InChI=1S/C12H18N2O/c13-12-4-3-10-8-14(5-1-2-6-15)9-11(10)7-12/h3-4,7,15H,1-2,5-6,8-9,13H2. The average molecular weight is 206 g/mol. The van der Waals surface area contributed by atoms with E-state index in [9.17, 15) is 0 Å². The zero-order valence-electron chi connectivity index (χ0n) is 8.95. The number of nitrogen functional groups attached to an aromatic ring is 1. The third kappa shape index (κ3) is 2.49. The minimum Gasteiger partial charge on any atom is -0.399 e. The molecular weight excluding hydrogens is 188 g/mol. The first-order chi connectivity index (χ1) is 7.29. The van der Waals surface area contributed by atoms with Crippen LogP contribution in [0.2, 0.25) is 0 Å². The van der Waals surface area contributed by atoms with Crippen LogP contribution in [0.25, 0.3) is 0 Å². The molecule has 82 valence electrons. The van der Waals surface area contributed by atoms with Crippen molar-refractivity contribution >= 4 is 5.69 Å². The predicted molar refractivity (Wildman–Crippen MR) is 61.3 cm³/mol. The summed E-state index contributed by atoms with van der Waals surface area (Å²) in [4.78, 5) is 2.40. The molecule has 1 aromatic rings. The highest BCUT2D eigenvalue weighted by molar-refractivity contribution is 5.46. The monoisotopic (exact) mass is 206 g/mol. The van der Waals surface area contributed by atoms with Crippen molar-refractivity contribution in [3.05, 3.63) is 29.3 Å². The topological polar surface area (TPSA) is 49.5 Å². The molecule has 3 nitrogen and oxygen atoms in total. The van der Waals surface area contributed by atoms with Gasteiger partial charge in [0.15, 0.2) is 0 Å². The summed E-state index contributed by atoms with van der Waals surface area (Å²) in [6.45, 7) is 3.40. The number of benzene rings is 1. The van der Waals surface area contributed by atoms with Gasteiger partial charge in [-0.1, -0.05) is 6.07 Å². The number of aliphatic hydroxyl groups is 1. The van der Waals surface area contributed by atoms with E-state index >= 15 is 0 Å². The van der Waals surface area contributed by atoms with Crippen LogP contribution in [0.15, 0.2) is 18.2 Å². The van der Waals surface area contributed by atoms with Gasteiger partial charge in [0.2, 0.25) is 0 Å². The summed E-state index contributed by atoms with van der Waals surface area (Å²) in [6.07, 6.45) is 1.97. The van der Waals surface area contributed by atoms with Gasteiger partial charge in [0.05, 0.1) is 0 Å². The molecule has 0 saturated heterocycles. The number of hydrogen-bond acceptors (Lipinski definition) is 3. The molecule has 0 saturated carbocycles. The average Bonchev–Trinajstić information content (AvgIpc) is 2.60. The second-order valence-corrected chi connectivity index (χ2v) is 4.17. The van der Waals surface area contributed by atoms with Crippen LogP contribution in [0.3, 0.4) is 0 Å². The molecule has 0 amide bonds. The second kappa shape index (κ2) is 4.64. The molecular formula is C12H18N2O. The van der Waals surface area contributed by atoms with E-state index in [1.807, 2.05) is 6.07 Å². The van der Waals surface area contributed by atoms with Gasteiger partial charge in [-0.15, -0.1) is 0 Å². The minimum atomic E-state index is 0.299. The van der Waals surface area contributed by atoms with Crippen LogP contribution < -0.4 is 5.73 Å². The molecule has 2 rings (SSSR count). The maximum absolute atomic E-state index is 8.72. The number of nitrogens with zero attached hydrogens (tertiary/aromatic N) is 1. The molecule has 1 heterocycles. The smallest absolute Gasteiger partial charge is 0.0431 e. The van der Waals surface area contributed by atoms with Crippen LogP contribution in [0, 0.1) is 0 Å². The molecule has 0 unspecified atom stereocenters. The Balaban J connectivity index is 1.91. The third-order valence-electron chi connectivity index (χ3n) is 2.90. The number of hydrogen-bond donors (Lipinski definition) is 2. The molecule has 0 atom stereocenters. The van der Waals surface area contributed by atoms with Crippen molar-refractivity contribution in [2.45, 2.75) is 25.9 Å². The van der Waals surface area contributed by atoms with E-state index in [0.717, 1.165) is 38.2 Å². The Hall–Kier alpha value is -1.06. The molecule has 15 heavy (non-hydrogen) atoms. The molecule has 1 aliphatic heterocycles. The summed E-state index contributed by atoms with van der Waals surface area (Å²) in [5.74, 6) is 0. The molecule has 0 spiro atoms. The van der Waals surface area contributed by atoms with Gasteiger partial charge in [-0.2, -0.15) is 0 Å². The second-order valence-electron chi connectivity index (χ2n) is 4.17. The fourth-order valence-corrected chi connectivity index (χ4v) is 2.09. The van der Waals surface area contributed by atoms with Gasteiger partial charge in [0.25, 0.3) is 0 Å². The van der Waals surface area contributed by atoms with E-state index in [0.29, 0.717) is 6.61 Å². The fraction of sp³-hybridized carbons (Fsp3) is 0.500. The quantitative estimate of drug-likeness (QED) is 0.577. The Morgan fingerprint density at radius 3 is 2.80 bits per heavy atom. The van der Waals surface area contributed by atoms with E-state index < -0.39 is 0 Å². The van der Waals surface area contributed by atoms with Gasteiger partial charge >= 0.3 is 0 Å². The number of aliphatic hydroxyl groups excluding tert-OH is 1. The van der Waals surface area contributed by atoms with Crippen molar-refractivity contribution in [3.63, 3.8) is 0 Å². The molecule has 0 aliphatic carbocycles. The lowest BCUT2D eigenvalue weighted by Crippen LogP contribution is -2.17. The molecule has 3 N–H and O–H groups in total. The van der Waals surface area contributed by atoms with E-state index in [1.54, 1.807) is 0 Å². The van der Waals surface area contributed by atoms with Crippen molar-refractivity contribution in [2.24, 2.45) is 0 Å². The zero-order chi connectivity index (χ0) is 10.7. The van der Waals surface area contributed by atoms with Gasteiger partial charge in [-0.3, -0.25) is 4.90 Å². The van der Waals surface area contributed by atoms with E-state index in [2.05, 4.69) is 17.0 Å². The first-order valence-corrected chi connectivity index (χ1v) is 5.50. The van der Waals surface area contributed by atoms with Crippen molar-refractivity contribution in [1.82, 2.24) is 4.90 Å². The molecule has 0 aromatic heterocycles. The van der Waals surface area contributed by atoms with Crippen molar-refractivity contribution in [1.29, 1.82) is 0 Å². The minimum absolute atomic E-state index is 0.299. The van der Waals surface area contributed by atoms with Crippen LogP contribution in [0.4, 0.5) is 5.69 Å². The normalized spacial score (nSPS) is 15.5. The predicted octanol–water partition coefficient (Wildman–Crippen LogP) is 1.36. The largest absolute Gasteiger partial charge is 0.399 e. The Labute approximate surface area is 90.5 Å². The Bertz CT molecular complexity index is 338. The molecule has 1 aromatic carbocycles. The van der Waals surface area contributed by atoms with Crippen LogP contribution in [-0.2, 0) is 13.1 Å². The third-order valence-corrected chi connectivity index (χ3v) is 2.90. The van der Waals surface area contributed by atoms with Crippen molar-refractivity contribution in [2.75, 3.05) is 18.9 Å². The van der Waals surface area contributed by atoms with Gasteiger partial charge in [-0.05, 0) is 42.6 Å². The molecule has 3 heteroatoms. The molecule has 0 bridgehead atoms. The highest BCUT2D eigenvalue weighted by Crippen LogP contribution is 2.24. The van der Waals surface area contributed by atoms with Gasteiger partial charge < -0.3 is 10.8 Å². The lowest BCUT2D eigenvalue weighted by molar-refractivity contribution is 0.245. The summed E-state index contributed by atoms with van der Waals surface area (Å²) in [5.41, 5.74) is 9.36. The maximum atomic E-state index is 8.72. The summed E-state index contributed by atoms with van der Waals surface area (Å²) in [6, 6.07) is 6.16. The molecule has 0 radical (unpaired) electrons. The summed E-state index contributed by atoms with van der Waals surface area (Å²) in [5, 5.41) is 8.72. The Morgan fingerprint density at radius 1 is 1.20 bits per heavy atom. The lowest BCUT2D eigenvalue weighted by atomic mass is 10.1. The van der Waals surface area contributed by atoms with Gasteiger partial charge in [0, 0.05) is 25.4 Å². The Kier molecular flexibility index (Phi) is 3.23. The van der Waals surface area contributed by atoms with Crippen molar-refractivity contribution in [3.8, 4) is 0 Å². The van der Waals surface area contributed by atoms with Gasteiger partial charge in [-0.25, -0.2) is 0 Å². The number of unbranched alkanes of at least 4 members (excludes halogenated alkanes) is 1. The SMILES string of the molecule is Nc1ccc2c(c1)CN(CCCCO)C2. The summed E-state index contributed by atoms with van der Waals surface area (Å²) >= 11 is 0. The highest BCUT2D eigenvalue weighted by atomic mass is 16.2. The lowest BCUT2D eigenvalue weighted by Gasteiger charge is -2.13. The number of nitrogens with two attached hydrogens (primary N) is 1. The number of rotatable bonds is 4. The first kappa shape index (κ1) is 10.5. The zero-order valence-corrected chi connectivity index (χ0v) is 8.95.